The number of methoxy groups -OCH3 is 1. The normalized spacial score (nSPS) is 13.7. The quantitative estimate of drug-likeness (QED) is 0.106. The maximum atomic E-state index is 13.2. The summed E-state index contributed by atoms with van der Waals surface area (Å²) in [4.78, 5) is 27.4. The van der Waals surface area contributed by atoms with Crippen LogP contribution in [-0.2, 0) is 21.6 Å². The Hall–Kier alpha value is -4.17. The van der Waals surface area contributed by atoms with E-state index in [1.165, 1.54) is 10.6 Å². The van der Waals surface area contributed by atoms with Gasteiger partial charge in [-0.05, 0) is 85.6 Å². The Bertz CT molecular complexity index is 1460. The molecule has 4 aromatic rings. The van der Waals surface area contributed by atoms with Crippen molar-refractivity contribution >= 4 is 24.8 Å². The smallest absolute Gasteiger partial charge is 0.424 e. The zero-order valence-electron chi connectivity index (χ0n) is 27.1. The highest BCUT2D eigenvalue weighted by Crippen LogP contribution is 2.37. The van der Waals surface area contributed by atoms with Gasteiger partial charge in [0.15, 0.2) is 0 Å². The van der Waals surface area contributed by atoms with Crippen molar-refractivity contribution in [1.29, 1.82) is 0 Å². The molecular weight excluding hydrogens is 610 g/mol. The number of rotatable bonds is 15. The summed E-state index contributed by atoms with van der Waals surface area (Å²) in [6.07, 6.45) is 4.23. The molecule has 8 heteroatoms. The summed E-state index contributed by atoms with van der Waals surface area (Å²) in [5.74, 6) is 1.47. The van der Waals surface area contributed by atoms with E-state index in [0.717, 1.165) is 74.0 Å². The van der Waals surface area contributed by atoms with Gasteiger partial charge in [0.25, 0.3) is 0 Å². The Morgan fingerprint density at radius 1 is 0.894 bits per heavy atom. The number of hydrogen-bond donors (Lipinski definition) is 1. The molecule has 0 bridgehead atoms. The number of likely N-dealkylation sites (tertiary alicyclic amines) is 1. The molecule has 0 atom stereocenters. The zero-order chi connectivity index (χ0) is 32.0. The van der Waals surface area contributed by atoms with Crippen LogP contribution >= 0.6 is 12.4 Å². The summed E-state index contributed by atoms with van der Waals surface area (Å²) < 4.78 is 11.0. The van der Waals surface area contributed by atoms with Crippen LogP contribution in [0.15, 0.2) is 115 Å². The topological polar surface area (TPSA) is 71.1 Å². The van der Waals surface area contributed by atoms with Crippen molar-refractivity contribution in [2.75, 3.05) is 39.8 Å². The van der Waals surface area contributed by atoms with Gasteiger partial charge in [-0.1, -0.05) is 103 Å². The third kappa shape index (κ3) is 9.67. The molecule has 0 radical (unpaired) electrons. The molecule has 1 N–H and O–H groups in total. The number of amides is 1. The lowest BCUT2D eigenvalue weighted by Gasteiger charge is -2.38. The lowest BCUT2D eigenvalue weighted by Crippen LogP contribution is -2.51. The first-order valence-electron chi connectivity index (χ1n) is 16.2. The number of piperidine rings is 1. The summed E-state index contributed by atoms with van der Waals surface area (Å²) in [6.45, 7) is 3.55. The second-order valence-electron chi connectivity index (χ2n) is 12.0. The van der Waals surface area contributed by atoms with Gasteiger partial charge in [0, 0.05) is 12.0 Å². The fourth-order valence-corrected chi connectivity index (χ4v) is 6.56. The summed E-state index contributed by atoms with van der Waals surface area (Å²) in [5, 5.41) is 1.29. The molecule has 4 aromatic carbocycles. The fourth-order valence-electron chi connectivity index (χ4n) is 6.56. The van der Waals surface area contributed by atoms with E-state index in [2.05, 4.69) is 77.1 Å². The summed E-state index contributed by atoms with van der Waals surface area (Å²) >= 11 is 0. The van der Waals surface area contributed by atoms with Gasteiger partial charge in [0.1, 0.15) is 18.6 Å². The van der Waals surface area contributed by atoms with Crippen LogP contribution in [0.4, 0.5) is 4.79 Å². The van der Waals surface area contributed by atoms with E-state index in [0.29, 0.717) is 12.5 Å². The van der Waals surface area contributed by atoms with Gasteiger partial charge in [0.2, 0.25) is 0 Å². The Balaban J connectivity index is 0.00000500. The molecule has 0 aromatic heterocycles. The van der Waals surface area contributed by atoms with Gasteiger partial charge >= 0.3 is 6.09 Å². The molecule has 1 saturated heterocycles. The standard InChI is InChI=1S/C39H45N3O4.ClH/c1-45-37-20-11-15-34(29-37)33-21-25-41(26-22-33)24-12-23-39(35-16-7-3-8-17-35,36-18-9-4-10-19-36)31-40-42(27-28-43)38(44)46-30-32-13-5-2-6-14-32;/h2-11,13-20,28-29,33,40H,12,21-27,30-31H2,1H3;1H. The van der Waals surface area contributed by atoms with Crippen molar-refractivity contribution in [3.63, 3.8) is 0 Å². The van der Waals surface area contributed by atoms with Crippen LogP contribution in [0, 0.1) is 0 Å². The first-order valence-corrected chi connectivity index (χ1v) is 16.2. The molecule has 0 unspecified atom stereocenters. The van der Waals surface area contributed by atoms with Crippen molar-refractivity contribution in [3.05, 3.63) is 138 Å². The molecule has 47 heavy (non-hydrogen) atoms. The van der Waals surface area contributed by atoms with Crippen molar-refractivity contribution in [2.24, 2.45) is 0 Å². The van der Waals surface area contributed by atoms with E-state index < -0.39 is 11.5 Å². The van der Waals surface area contributed by atoms with E-state index in [9.17, 15) is 9.59 Å². The van der Waals surface area contributed by atoms with Crippen LogP contribution < -0.4 is 10.2 Å². The molecular formula is C39H46ClN3O4. The third-order valence-corrected chi connectivity index (χ3v) is 9.14. The number of hydrazine groups is 1. The summed E-state index contributed by atoms with van der Waals surface area (Å²) in [5.41, 5.74) is 7.45. The first kappa shape index (κ1) is 35.7. The Kier molecular flexibility index (Phi) is 13.8. The van der Waals surface area contributed by atoms with Crippen molar-refractivity contribution < 1.29 is 19.1 Å². The molecule has 1 fully saturated rings. The minimum Gasteiger partial charge on any atom is -0.497 e. The monoisotopic (exact) mass is 655 g/mol. The van der Waals surface area contributed by atoms with E-state index >= 15 is 0 Å². The number of halogens is 1. The predicted octanol–water partition coefficient (Wildman–Crippen LogP) is 7.41. The number of carbonyl (C=O) groups excluding carboxylic acids is 2. The summed E-state index contributed by atoms with van der Waals surface area (Å²) in [6, 6.07) is 39.0. The molecule has 7 nitrogen and oxygen atoms in total. The highest BCUT2D eigenvalue weighted by molar-refractivity contribution is 5.85. The first-order chi connectivity index (χ1) is 22.6. The molecule has 5 rings (SSSR count). The van der Waals surface area contributed by atoms with Crippen LogP contribution in [-0.4, -0.2) is 62.1 Å². The van der Waals surface area contributed by atoms with Crippen LogP contribution in [0.2, 0.25) is 0 Å². The largest absolute Gasteiger partial charge is 0.497 e. The van der Waals surface area contributed by atoms with Crippen molar-refractivity contribution in [3.8, 4) is 5.75 Å². The van der Waals surface area contributed by atoms with Gasteiger partial charge in [-0.25, -0.2) is 15.2 Å². The zero-order valence-corrected chi connectivity index (χ0v) is 27.9. The van der Waals surface area contributed by atoms with Gasteiger partial charge in [-0.15, -0.1) is 12.4 Å². The number of benzene rings is 4. The number of carbonyl (C=O) groups is 2. The minimum atomic E-state index is -0.579. The van der Waals surface area contributed by atoms with E-state index in [1.807, 2.05) is 48.5 Å². The maximum Gasteiger partial charge on any atom is 0.424 e. The highest BCUT2D eigenvalue weighted by atomic mass is 35.5. The highest BCUT2D eigenvalue weighted by Gasteiger charge is 2.35. The lowest BCUT2D eigenvalue weighted by atomic mass is 9.71. The molecule has 0 saturated carbocycles. The molecule has 248 valence electrons. The van der Waals surface area contributed by atoms with Gasteiger partial charge in [-0.3, -0.25) is 0 Å². The number of nitrogens with one attached hydrogen (secondary N) is 1. The van der Waals surface area contributed by atoms with Gasteiger partial charge in [0.05, 0.1) is 13.7 Å². The molecule has 1 aliphatic heterocycles. The minimum absolute atomic E-state index is 0. The van der Waals surface area contributed by atoms with Crippen molar-refractivity contribution in [2.45, 2.75) is 43.6 Å². The average molecular weight is 656 g/mol. The molecule has 1 heterocycles. The van der Waals surface area contributed by atoms with E-state index in [4.69, 9.17) is 9.47 Å². The maximum absolute atomic E-state index is 13.2. The van der Waals surface area contributed by atoms with Crippen LogP contribution in [0.1, 0.15) is 53.9 Å². The second kappa shape index (κ2) is 18.2. The Morgan fingerprint density at radius 3 is 2.11 bits per heavy atom. The van der Waals surface area contributed by atoms with Crippen LogP contribution in [0.5, 0.6) is 5.75 Å². The van der Waals surface area contributed by atoms with Crippen LogP contribution in [0.25, 0.3) is 0 Å². The third-order valence-electron chi connectivity index (χ3n) is 9.14. The molecule has 0 aliphatic carbocycles. The lowest BCUT2D eigenvalue weighted by molar-refractivity contribution is -0.109. The fraction of sp³-hybridized carbons (Fsp3) is 0.333. The number of aldehydes is 1. The van der Waals surface area contributed by atoms with Gasteiger partial charge < -0.3 is 19.2 Å². The molecule has 1 amide bonds. The number of nitrogens with zero attached hydrogens (tertiary/aromatic N) is 2. The predicted molar refractivity (Wildman–Crippen MR) is 189 cm³/mol. The second-order valence-corrected chi connectivity index (χ2v) is 12.0. The Labute approximate surface area is 285 Å². The van der Waals surface area contributed by atoms with Crippen LogP contribution in [0.3, 0.4) is 0 Å². The average Bonchev–Trinajstić information content (AvgIpc) is 3.13. The Morgan fingerprint density at radius 2 is 1.51 bits per heavy atom. The van der Waals surface area contributed by atoms with Crippen molar-refractivity contribution in [1.82, 2.24) is 15.3 Å². The SMILES string of the molecule is COc1cccc(C2CCN(CCCC(CNN(CC=O)C(=O)OCc3ccccc3)(c3ccccc3)c3ccccc3)CC2)c1.Cl. The molecule has 1 aliphatic rings. The van der Waals surface area contributed by atoms with E-state index in [-0.39, 0.29) is 25.6 Å². The number of ether oxygens (including phenoxy) is 2. The van der Waals surface area contributed by atoms with Gasteiger partial charge in [-0.2, -0.15) is 0 Å². The summed E-state index contributed by atoms with van der Waals surface area (Å²) in [7, 11) is 1.72. The number of hydrogen-bond acceptors (Lipinski definition) is 6. The molecule has 0 spiro atoms. The van der Waals surface area contributed by atoms with E-state index in [1.54, 1.807) is 7.11 Å².